The number of carboxylic acids is 1. The molecule has 0 aromatic carbocycles. The Balaban J connectivity index is 2.42. The van der Waals surface area contributed by atoms with E-state index in [1.807, 2.05) is 20.8 Å². The minimum atomic E-state index is -0.835. The maximum absolute atomic E-state index is 10.8. The van der Waals surface area contributed by atoms with Crippen LogP contribution in [-0.4, -0.2) is 34.0 Å². The van der Waals surface area contributed by atoms with Gasteiger partial charge in [0.15, 0.2) is 0 Å². The van der Waals surface area contributed by atoms with E-state index in [0.717, 1.165) is 6.42 Å². The molecule has 0 unspecified atom stereocenters. The quantitative estimate of drug-likeness (QED) is 0.778. The summed E-state index contributed by atoms with van der Waals surface area (Å²) in [7, 11) is 0. The van der Waals surface area contributed by atoms with E-state index in [9.17, 15) is 9.90 Å². The Labute approximate surface area is 103 Å². The topological polar surface area (TPSA) is 66.8 Å². The van der Waals surface area contributed by atoms with Crippen LogP contribution in [0.25, 0.3) is 0 Å². The number of rotatable bonds is 5. The maximum atomic E-state index is 10.8. The van der Waals surface area contributed by atoms with Gasteiger partial charge >= 0.3 is 5.97 Å². The summed E-state index contributed by atoms with van der Waals surface area (Å²) in [5, 5.41) is 19.2. The molecule has 0 bridgehead atoms. The fourth-order valence-corrected chi connectivity index (χ4v) is 1.98. The third-order valence-corrected chi connectivity index (χ3v) is 3.85. The van der Waals surface area contributed by atoms with Crippen molar-refractivity contribution in [3.8, 4) is 0 Å². The van der Waals surface area contributed by atoms with Crippen molar-refractivity contribution in [3.05, 3.63) is 0 Å². The molecule has 0 heterocycles. The molecule has 1 aliphatic carbocycles. The molecule has 100 valence electrons. The summed E-state index contributed by atoms with van der Waals surface area (Å²) in [5.74, 6) is -1.05. The fourth-order valence-electron chi connectivity index (χ4n) is 1.98. The van der Waals surface area contributed by atoms with E-state index >= 15 is 0 Å². The van der Waals surface area contributed by atoms with Gasteiger partial charge in [-0.2, -0.15) is 0 Å². The Kier molecular flexibility index (Phi) is 4.55. The highest BCUT2D eigenvalue weighted by Gasteiger charge is 2.37. The van der Waals surface area contributed by atoms with Crippen molar-refractivity contribution < 1.29 is 19.7 Å². The molecule has 0 saturated heterocycles. The van der Waals surface area contributed by atoms with Gasteiger partial charge in [0.25, 0.3) is 0 Å². The van der Waals surface area contributed by atoms with E-state index in [4.69, 9.17) is 9.84 Å². The minimum absolute atomic E-state index is 0.223. The largest absolute Gasteiger partial charge is 0.481 e. The van der Waals surface area contributed by atoms with Crippen LogP contribution in [0.5, 0.6) is 0 Å². The van der Waals surface area contributed by atoms with Crippen molar-refractivity contribution in [1.29, 1.82) is 0 Å². The third kappa shape index (κ3) is 4.28. The molecule has 4 heteroatoms. The highest BCUT2D eigenvalue weighted by Crippen LogP contribution is 2.33. The number of aliphatic hydroxyl groups is 1. The van der Waals surface area contributed by atoms with Crippen LogP contribution < -0.4 is 0 Å². The second-order valence-electron chi connectivity index (χ2n) is 5.74. The Bertz CT molecular complexity index is 265. The summed E-state index contributed by atoms with van der Waals surface area (Å²) >= 11 is 0. The van der Waals surface area contributed by atoms with Crippen molar-refractivity contribution in [2.45, 2.75) is 64.1 Å². The number of carboxylic acid groups (broad SMARTS) is 1. The Hall–Kier alpha value is -0.610. The zero-order valence-electron chi connectivity index (χ0n) is 11.0. The summed E-state index contributed by atoms with van der Waals surface area (Å²) in [6, 6.07) is 0. The first kappa shape index (κ1) is 14.5. The van der Waals surface area contributed by atoms with Gasteiger partial charge in [-0.15, -0.1) is 0 Å². The van der Waals surface area contributed by atoms with Gasteiger partial charge in [0.05, 0.1) is 23.7 Å². The predicted molar refractivity (Wildman–Crippen MR) is 64.9 cm³/mol. The molecule has 17 heavy (non-hydrogen) atoms. The maximum Gasteiger partial charge on any atom is 0.306 e. The lowest BCUT2D eigenvalue weighted by molar-refractivity contribution is -0.150. The van der Waals surface area contributed by atoms with E-state index in [-0.39, 0.29) is 11.5 Å². The first-order chi connectivity index (χ1) is 7.78. The molecule has 0 spiro atoms. The van der Waals surface area contributed by atoms with Crippen LogP contribution in [0.1, 0.15) is 52.9 Å². The van der Waals surface area contributed by atoms with Crippen LogP contribution in [0, 0.1) is 5.92 Å². The predicted octanol–water partition coefficient (Wildman–Crippen LogP) is 2.20. The van der Waals surface area contributed by atoms with Crippen LogP contribution in [0.3, 0.4) is 0 Å². The molecule has 0 aliphatic heterocycles. The average molecular weight is 244 g/mol. The first-order valence-corrected chi connectivity index (χ1v) is 6.37. The molecular formula is C13H24O4. The highest BCUT2D eigenvalue weighted by molar-refractivity contribution is 5.70. The summed E-state index contributed by atoms with van der Waals surface area (Å²) in [5.41, 5.74) is -1.06. The summed E-state index contributed by atoms with van der Waals surface area (Å²) in [6.07, 6.45) is 3.01. The van der Waals surface area contributed by atoms with E-state index in [0.29, 0.717) is 32.3 Å². The van der Waals surface area contributed by atoms with Crippen LogP contribution >= 0.6 is 0 Å². The second kappa shape index (κ2) is 5.36. The molecule has 0 aromatic heterocycles. The summed E-state index contributed by atoms with van der Waals surface area (Å²) in [4.78, 5) is 10.8. The van der Waals surface area contributed by atoms with E-state index in [1.54, 1.807) is 0 Å². The van der Waals surface area contributed by atoms with Gasteiger partial charge in [-0.25, -0.2) is 0 Å². The lowest BCUT2D eigenvalue weighted by atomic mass is 9.79. The zero-order valence-corrected chi connectivity index (χ0v) is 11.0. The van der Waals surface area contributed by atoms with Crippen LogP contribution in [0.2, 0.25) is 0 Å². The lowest BCUT2D eigenvalue weighted by Crippen LogP contribution is -2.42. The van der Waals surface area contributed by atoms with Crippen molar-refractivity contribution >= 4 is 5.97 Å². The second-order valence-corrected chi connectivity index (χ2v) is 5.74. The van der Waals surface area contributed by atoms with Crippen molar-refractivity contribution in [3.63, 3.8) is 0 Å². The van der Waals surface area contributed by atoms with Gasteiger partial charge in [-0.05, 0) is 46.0 Å². The standard InChI is InChI=1S/C13H24O4/c1-4-12(2,3)17-9-13(16)7-5-10(6-8-13)11(14)15/h10,16H,4-9H2,1-3H3,(H,14,15). The van der Waals surface area contributed by atoms with Crippen LogP contribution in [0.4, 0.5) is 0 Å². The Morgan fingerprint density at radius 3 is 2.35 bits per heavy atom. The average Bonchev–Trinajstić information content (AvgIpc) is 2.27. The van der Waals surface area contributed by atoms with Gasteiger partial charge in [-0.1, -0.05) is 6.92 Å². The number of hydrogen-bond acceptors (Lipinski definition) is 3. The molecule has 1 saturated carbocycles. The van der Waals surface area contributed by atoms with Crippen LogP contribution in [-0.2, 0) is 9.53 Å². The zero-order chi connectivity index (χ0) is 13.1. The summed E-state index contributed by atoms with van der Waals surface area (Å²) < 4.78 is 5.72. The smallest absolute Gasteiger partial charge is 0.306 e. The number of ether oxygens (including phenoxy) is 1. The Morgan fingerprint density at radius 2 is 1.94 bits per heavy atom. The normalized spacial score (nSPS) is 30.2. The SMILES string of the molecule is CCC(C)(C)OCC1(O)CCC(C(=O)O)CC1. The molecule has 2 N–H and O–H groups in total. The number of aliphatic carboxylic acids is 1. The first-order valence-electron chi connectivity index (χ1n) is 6.37. The molecule has 1 rings (SSSR count). The van der Waals surface area contributed by atoms with E-state index in [1.165, 1.54) is 0 Å². The van der Waals surface area contributed by atoms with E-state index in [2.05, 4.69) is 0 Å². The molecule has 0 radical (unpaired) electrons. The van der Waals surface area contributed by atoms with Gasteiger partial charge in [0.1, 0.15) is 0 Å². The highest BCUT2D eigenvalue weighted by atomic mass is 16.5. The van der Waals surface area contributed by atoms with Crippen LogP contribution in [0.15, 0.2) is 0 Å². The minimum Gasteiger partial charge on any atom is -0.481 e. The fraction of sp³-hybridized carbons (Fsp3) is 0.923. The van der Waals surface area contributed by atoms with E-state index < -0.39 is 11.6 Å². The molecular weight excluding hydrogens is 220 g/mol. The molecule has 1 fully saturated rings. The van der Waals surface area contributed by atoms with Gasteiger partial charge < -0.3 is 14.9 Å². The number of carbonyl (C=O) groups is 1. The summed E-state index contributed by atoms with van der Waals surface area (Å²) in [6.45, 7) is 6.35. The molecule has 4 nitrogen and oxygen atoms in total. The monoisotopic (exact) mass is 244 g/mol. The van der Waals surface area contributed by atoms with Crippen molar-refractivity contribution in [2.24, 2.45) is 5.92 Å². The van der Waals surface area contributed by atoms with Gasteiger partial charge in [0, 0.05) is 0 Å². The molecule has 0 amide bonds. The molecule has 1 aliphatic rings. The van der Waals surface area contributed by atoms with Crippen molar-refractivity contribution in [2.75, 3.05) is 6.61 Å². The van der Waals surface area contributed by atoms with Gasteiger partial charge in [0.2, 0.25) is 0 Å². The van der Waals surface area contributed by atoms with Crippen molar-refractivity contribution in [1.82, 2.24) is 0 Å². The Morgan fingerprint density at radius 1 is 1.41 bits per heavy atom. The van der Waals surface area contributed by atoms with Gasteiger partial charge in [-0.3, -0.25) is 4.79 Å². The third-order valence-electron chi connectivity index (χ3n) is 3.85. The lowest BCUT2D eigenvalue weighted by Gasteiger charge is -2.37. The molecule has 0 atom stereocenters. The number of hydrogen-bond donors (Lipinski definition) is 2. The molecule has 0 aromatic rings.